The van der Waals surface area contributed by atoms with Crippen LogP contribution >= 0.6 is 0 Å². The van der Waals surface area contributed by atoms with Gasteiger partial charge in [-0.3, -0.25) is 34.0 Å². The Morgan fingerprint density at radius 3 is 2.34 bits per heavy atom. The van der Waals surface area contributed by atoms with Gasteiger partial charge in [0.25, 0.3) is 0 Å². The number of H-pyrrole nitrogens is 1. The first-order valence-corrected chi connectivity index (χ1v) is 21.2. The van der Waals surface area contributed by atoms with Crippen LogP contribution in [0.5, 0.6) is 0 Å². The summed E-state index contributed by atoms with van der Waals surface area (Å²) in [5.74, 6) is -3.92. The number of hydrogen-bond donors (Lipinski definition) is 4. The van der Waals surface area contributed by atoms with E-state index in [1.165, 1.54) is 18.1 Å². The van der Waals surface area contributed by atoms with Crippen molar-refractivity contribution in [3.8, 4) is 11.1 Å². The average molecular weight is 871 g/mol. The molecular weight excluding hydrogens is 827 g/mol. The van der Waals surface area contributed by atoms with Crippen molar-refractivity contribution in [1.82, 2.24) is 34.4 Å². The lowest BCUT2D eigenvalue weighted by Crippen LogP contribution is -2.51. The lowest BCUT2D eigenvalue weighted by atomic mass is 10.00. The van der Waals surface area contributed by atoms with Gasteiger partial charge < -0.3 is 25.0 Å². The van der Waals surface area contributed by atoms with Crippen LogP contribution in [0.2, 0.25) is 0 Å². The number of imide groups is 1. The predicted octanol–water partition coefficient (Wildman–Crippen LogP) is 3.31. The second kappa shape index (κ2) is 18.0. The Hall–Kier alpha value is -6.80. The van der Waals surface area contributed by atoms with Crippen molar-refractivity contribution in [2.75, 3.05) is 68.3 Å². The van der Waals surface area contributed by atoms with Crippen LogP contribution in [0.25, 0.3) is 22.2 Å². The number of hydrogen-bond acceptors (Lipinski definition) is 11. The molecule has 4 N–H and O–H groups in total. The lowest BCUT2D eigenvalue weighted by Gasteiger charge is -2.36. The molecule has 3 aromatic heterocycles. The van der Waals surface area contributed by atoms with Gasteiger partial charge in [0.05, 0.1) is 24.2 Å². The van der Waals surface area contributed by atoms with Crippen LogP contribution in [0.4, 0.5) is 26.0 Å². The molecule has 2 aliphatic rings. The third kappa shape index (κ3) is 9.40. The monoisotopic (exact) mass is 870 g/mol. The smallest absolute Gasteiger partial charge is 0.301 e. The van der Waals surface area contributed by atoms with Crippen molar-refractivity contribution in [1.29, 1.82) is 0 Å². The van der Waals surface area contributed by atoms with Gasteiger partial charge >= 0.3 is 10.2 Å². The number of anilines is 3. The van der Waals surface area contributed by atoms with Gasteiger partial charge in [-0.05, 0) is 54.4 Å². The summed E-state index contributed by atoms with van der Waals surface area (Å²) >= 11 is 0. The summed E-state index contributed by atoms with van der Waals surface area (Å²) in [5, 5.41) is 5.70. The molecule has 2 fully saturated rings. The summed E-state index contributed by atoms with van der Waals surface area (Å²) < 4.78 is 58.7. The third-order valence-electron chi connectivity index (χ3n) is 10.9. The SMILES string of the molecule is CCN(C)S(=O)(=O)Nc1ccc(F)c(C(=O)c2c[nH]c3ncc(-c4ccc(N5CCN(C(=O)CN(C)C(=O)Cc6ccc(NC7CCC(=O)NC7=O)cc6)CC5)nc4)cc23)c1F. The van der Waals surface area contributed by atoms with Crippen LogP contribution in [0.1, 0.15) is 41.3 Å². The summed E-state index contributed by atoms with van der Waals surface area (Å²) in [6, 6.07) is 13.6. The fourth-order valence-corrected chi connectivity index (χ4v) is 8.02. The molecule has 17 nitrogen and oxygen atoms in total. The maximum absolute atomic E-state index is 15.6. The van der Waals surface area contributed by atoms with Crippen molar-refractivity contribution in [2.24, 2.45) is 0 Å². The highest BCUT2D eigenvalue weighted by Gasteiger charge is 2.29. The molecule has 0 radical (unpaired) electrons. The van der Waals surface area contributed by atoms with E-state index in [2.05, 4.69) is 30.3 Å². The number of piperazine rings is 1. The number of nitrogens with one attached hydrogen (secondary N) is 4. The summed E-state index contributed by atoms with van der Waals surface area (Å²) in [7, 11) is -1.29. The van der Waals surface area contributed by atoms with Gasteiger partial charge in [-0.25, -0.2) is 18.7 Å². The minimum Gasteiger partial charge on any atom is -0.374 e. The quantitative estimate of drug-likeness (QED) is 0.0940. The van der Waals surface area contributed by atoms with Gasteiger partial charge in [-0.2, -0.15) is 12.7 Å². The van der Waals surface area contributed by atoms with Gasteiger partial charge in [0, 0.05) is 99.6 Å². The largest absolute Gasteiger partial charge is 0.374 e. The number of carbonyl (C=O) groups is 5. The van der Waals surface area contributed by atoms with E-state index in [4.69, 9.17) is 0 Å². The molecule has 324 valence electrons. The van der Waals surface area contributed by atoms with Crippen LogP contribution < -0.4 is 20.3 Å². The van der Waals surface area contributed by atoms with Crippen LogP contribution in [0.3, 0.4) is 0 Å². The van der Waals surface area contributed by atoms with E-state index in [0.717, 1.165) is 22.0 Å². The zero-order chi connectivity index (χ0) is 44.3. The Morgan fingerprint density at radius 2 is 1.66 bits per heavy atom. The number of pyridine rings is 2. The van der Waals surface area contributed by atoms with Crippen molar-refractivity contribution >= 4 is 67.8 Å². The Morgan fingerprint density at radius 1 is 0.935 bits per heavy atom. The number of nitrogens with zero attached hydrogens (tertiary/aromatic N) is 6. The van der Waals surface area contributed by atoms with Crippen LogP contribution in [-0.4, -0.2) is 126 Å². The first-order chi connectivity index (χ1) is 29.6. The molecule has 5 heterocycles. The van der Waals surface area contributed by atoms with Crippen molar-refractivity contribution in [2.45, 2.75) is 32.2 Å². The molecular formula is C42H44F2N10O7S. The first-order valence-electron chi connectivity index (χ1n) is 19.8. The van der Waals surface area contributed by atoms with E-state index in [1.54, 1.807) is 61.6 Å². The molecule has 2 aliphatic heterocycles. The highest BCUT2D eigenvalue weighted by molar-refractivity contribution is 7.90. The number of fused-ring (bicyclic) bond motifs is 1. The highest BCUT2D eigenvalue weighted by Crippen LogP contribution is 2.30. The van der Waals surface area contributed by atoms with Gasteiger partial charge in [0.2, 0.25) is 29.4 Å². The number of benzene rings is 2. The van der Waals surface area contributed by atoms with Crippen LogP contribution in [-0.2, 0) is 35.8 Å². The predicted molar refractivity (Wildman–Crippen MR) is 226 cm³/mol. The maximum atomic E-state index is 15.6. The molecule has 0 bridgehead atoms. The fourth-order valence-electron chi connectivity index (χ4n) is 7.09. The molecule has 0 spiro atoms. The number of amides is 4. The fraction of sp³-hybridized carbons (Fsp3) is 0.310. The van der Waals surface area contributed by atoms with Crippen molar-refractivity contribution < 1.29 is 41.2 Å². The van der Waals surface area contributed by atoms with Gasteiger partial charge in [0.15, 0.2) is 5.82 Å². The number of likely N-dealkylation sites (N-methyl/N-ethyl adjacent to an activating group) is 1. The molecule has 62 heavy (non-hydrogen) atoms. The first kappa shape index (κ1) is 43.3. The van der Waals surface area contributed by atoms with E-state index in [1.807, 2.05) is 17.0 Å². The van der Waals surface area contributed by atoms with Crippen molar-refractivity contribution in [3.05, 3.63) is 102 Å². The zero-order valence-electron chi connectivity index (χ0n) is 34.1. The molecule has 7 rings (SSSR count). The summed E-state index contributed by atoms with van der Waals surface area (Å²) in [6.45, 7) is 3.44. The Bertz CT molecular complexity index is 2650. The zero-order valence-corrected chi connectivity index (χ0v) is 34.9. The molecule has 0 aliphatic carbocycles. The third-order valence-corrected chi connectivity index (χ3v) is 12.5. The minimum absolute atomic E-state index is 0.0711. The van der Waals surface area contributed by atoms with Gasteiger partial charge in [0.1, 0.15) is 23.3 Å². The van der Waals surface area contributed by atoms with Crippen LogP contribution in [0, 0.1) is 11.6 Å². The molecule has 1 atom stereocenters. The van der Waals surface area contributed by atoms with E-state index >= 15 is 8.78 Å². The van der Waals surface area contributed by atoms with Gasteiger partial charge in [-0.1, -0.05) is 19.1 Å². The Kier molecular flexibility index (Phi) is 12.6. The van der Waals surface area contributed by atoms with Crippen molar-refractivity contribution in [3.63, 3.8) is 0 Å². The second-order valence-electron chi connectivity index (χ2n) is 15.0. The van der Waals surface area contributed by atoms with Gasteiger partial charge in [-0.15, -0.1) is 0 Å². The second-order valence-corrected chi connectivity index (χ2v) is 16.8. The lowest BCUT2D eigenvalue weighted by molar-refractivity contribution is -0.139. The number of piperidine rings is 1. The molecule has 20 heteroatoms. The number of rotatable bonds is 14. The van der Waals surface area contributed by atoms with E-state index in [9.17, 15) is 32.4 Å². The average Bonchev–Trinajstić information content (AvgIpc) is 3.69. The number of halogens is 2. The molecule has 2 saturated heterocycles. The molecule has 2 aromatic carbocycles. The number of aromatic amines is 1. The topological polar surface area (TPSA) is 210 Å². The number of ketones is 1. The standard InChI is InChI=1S/C42H44F2N10O7S/c1-4-52(3)62(60,61)50-32-11-10-31(43)38(39(32)44)40(58)30-23-47-41-29(30)20-27(22-46-41)26-7-13-34(45-21-26)53-15-17-54(18-16-53)37(57)24-51(2)36(56)19-25-5-8-28(9-6-25)48-33-12-14-35(55)49-42(33)59/h5-11,13,20-23,33,48,50H,4,12,14-19,24H2,1-3H3,(H,46,47)(H,49,55,59). The molecule has 4 amide bonds. The Balaban J connectivity index is 0.931. The van der Waals surface area contributed by atoms with Crippen LogP contribution in [0.15, 0.2) is 73.2 Å². The van der Waals surface area contributed by atoms with E-state index in [-0.39, 0.29) is 60.5 Å². The highest BCUT2D eigenvalue weighted by atomic mass is 32.2. The summed E-state index contributed by atoms with van der Waals surface area (Å²) in [5.41, 5.74) is 1.37. The molecule has 5 aromatic rings. The maximum Gasteiger partial charge on any atom is 0.301 e. The summed E-state index contributed by atoms with van der Waals surface area (Å²) in [6.07, 6.45) is 5.24. The number of carbonyl (C=O) groups excluding carboxylic acids is 5. The van der Waals surface area contributed by atoms with E-state index in [0.29, 0.717) is 60.9 Å². The normalized spacial score (nSPS) is 15.7. The Labute approximate surface area is 355 Å². The summed E-state index contributed by atoms with van der Waals surface area (Å²) in [4.78, 5) is 80.3. The van der Waals surface area contributed by atoms with E-state index < -0.39 is 44.9 Å². The molecule has 0 saturated carbocycles. The number of aromatic nitrogens is 3. The minimum atomic E-state index is -4.16. The molecule has 1 unspecified atom stereocenters.